The number of rotatable bonds is 3. The summed E-state index contributed by atoms with van der Waals surface area (Å²) in [7, 11) is 0. The molecule has 1 aliphatic rings. The van der Waals surface area contributed by atoms with Gasteiger partial charge in [-0.2, -0.15) is 0 Å². The first kappa shape index (κ1) is 10.9. The van der Waals surface area contributed by atoms with Gasteiger partial charge in [-0.25, -0.2) is 9.78 Å². The number of pyridine rings is 1. The minimum absolute atomic E-state index is 0.645. The van der Waals surface area contributed by atoms with Crippen LogP contribution in [0.5, 0.6) is 0 Å². The summed E-state index contributed by atoms with van der Waals surface area (Å²) in [4.78, 5) is 15.5. The normalized spacial score (nSPS) is 19.0. The van der Waals surface area contributed by atoms with Gasteiger partial charge < -0.3 is 10.4 Å². The average Bonchev–Trinajstić information content (AvgIpc) is 2.31. The second-order valence-corrected chi connectivity index (χ2v) is 4.29. The maximum Gasteiger partial charge on any atom is 0.329 e. The van der Waals surface area contributed by atoms with Crippen LogP contribution in [-0.4, -0.2) is 21.6 Å². The van der Waals surface area contributed by atoms with Gasteiger partial charge in [0, 0.05) is 6.20 Å². The molecule has 0 unspecified atom stereocenters. The van der Waals surface area contributed by atoms with E-state index in [1.54, 1.807) is 12.3 Å². The number of aliphatic carboxylic acids is 1. The molecule has 86 valence electrons. The van der Waals surface area contributed by atoms with E-state index in [9.17, 15) is 9.90 Å². The number of carbonyl (C=O) groups is 1. The first-order valence-corrected chi connectivity index (χ1v) is 5.66. The molecule has 1 aromatic heterocycles. The number of hydrogen-bond acceptors (Lipinski definition) is 3. The second kappa shape index (κ2) is 4.51. The molecule has 2 rings (SSSR count). The molecule has 4 heteroatoms. The summed E-state index contributed by atoms with van der Waals surface area (Å²) in [5.41, 5.74) is -0.813. The zero-order valence-electron chi connectivity index (χ0n) is 9.15. The van der Waals surface area contributed by atoms with Gasteiger partial charge in [0.1, 0.15) is 11.4 Å². The molecule has 1 fully saturated rings. The lowest BCUT2D eigenvalue weighted by Gasteiger charge is -2.34. The van der Waals surface area contributed by atoms with Crippen LogP contribution in [-0.2, 0) is 4.79 Å². The highest BCUT2D eigenvalue weighted by Gasteiger charge is 2.39. The van der Waals surface area contributed by atoms with Crippen LogP contribution in [0.15, 0.2) is 24.4 Å². The highest BCUT2D eigenvalue weighted by atomic mass is 16.4. The zero-order valence-corrected chi connectivity index (χ0v) is 9.15. The third kappa shape index (κ3) is 2.15. The van der Waals surface area contributed by atoms with Gasteiger partial charge in [0.2, 0.25) is 0 Å². The Labute approximate surface area is 94.7 Å². The second-order valence-electron chi connectivity index (χ2n) is 4.29. The highest BCUT2D eigenvalue weighted by molar-refractivity contribution is 5.82. The van der Waals surface area contributed by atoms with Crippen LogP contribution in [0.2, 0.25) is 0 Å². The zero-order chi connectivity index (χ0) is 11.4. The van der Waals surface area contributed by atoms with Crippen molar-refractivity contribution < 1.29 is 9.90 Å². The van der Waals surface area contributed by atoms with Crippen molar-refractivity contribution in [2.75, 3.05) is 5.32 Å². The standard InChI is InChI=1S/C12H16N2O2/c15-11(16)12(7-3-1-4-8-12)14-10-6-2-5-9-13-10/h2,5-6,9H,1,3-4,7-8H2,(H,13,14)(H,15,16). The molecule has 0 bridgehead atoms. The molecule has 0 radical (unpaired) electrons. The van der Waals surface area contributed by atoms with Gasteiger partial charge in [0.15, 0.2) is 0 Å². The first-order valence-electron chi connectivity index (χ1n) is 5.66. The molecular weight excluding hydrogens is 204 g/mol. The fourth-order valence-electron chi connectivity index (χ4n) is 2.23. The number of hydrogen-bond donors (Lipinski definition) is 2. The summed E-state index contributed by atoms with van der Waals surface area (Å²) in [5.74, 6) is -0.121. The molecule has 1 aliphatic carbocycles. The Balaban J connectivity index is 2.17. The highest BCUT2D eigenvalue weighted by Crippen LogP contribution is 2.31. The van der Waals surface area contributed by atoms with E-state index in [1.165, 1.54) is 0 Å². The van der Waals surface area contributed by atoms with Crippen LogP contribution in [0.25, 0.3) is 0 Å². The van der Waals surface area contributed by atoms with Crippen LogP contribution in [0.4, 0.5) is 5.82 Å². The predicted molar refractivity (Wildman–Crippen MR) is 61.3 cm³/mol. The Morgan fingerprint density at radius 3 is 2.62 bits per heavy atom. The molecule has 4 nitrogen and oxygen atoms in total. The lowest BCUT2D eigenvalue weighted by molar-refractivity contribution is -0.143. The molecule has 1 saturated carbocycles. The number of anilines is 1. The van der Waals surface area contributed by atoms with Crippen molar-refractivity contribution in [3.63, 3.8) is 0 Å². The van der Waals surface area contributed by atoms with Gasteiger partial charge in [0.25, 0.3) is 0 Å². The fraction of sp³-hybridized carbons (Fsp3) is 0.500. The van der Waals surface area contributed by atoms with Gasteiger partial charge in [-0.05, 0) is 25.0 Å². The van der Waals surface area contributed by atoms with Crippen molar-refractivity contribution in [1.29, 1.82) is 0 Å². The van der Waals surface area contributed by atoms with Gasteiger partial charge in [0.05, 0.1) is 0 Å². The summed E-state index contributed by atoms with van der Waals surface area (Å²) in [5, 5.41) is 12.4. The van der Waals surface area contributed by atoms with Crippen LogP contribution < -0.4 is 5.32 Å². The third-order valence-electron chi connectivity index (χ3n) is 3.15. The topological polar surface area (TPSA) is 62.2 Å². The van der Waals surface area contributed by atoms with Gasteiger partial charge in [-0.15, -0.1) is 0 Å². The van der Waals surface area contributed by atoms with Crippen molar-refractivity contribution in [3.8, 4) is 0 Å². The van der Waals surface area contributed by atoms with Crippen LogP contribution in [0, 0.1) is 0 Å². The SMILES string of the molecule is O=C(O)C1(Nc2ccccn2)CCCCC1. The Hall–Kier alpha value is -1.58. The summed E-state index contributed by atoms with van der Waals surface area (Å²) in [6.45, 7) is 0. The minimum Gasteiger partial charge on any atom is -0.480 e. The molecule has 0 aliphatic heterocycles. The van der Waals surface area contributed by atoms with Crippen LogP contribution >= 0.6 is 0 Å². The molecule has 2 N–H and O–H groups in total. The van der Waals surface area contributed by atoms with Crippen molar-refractivity contribution in [3.05, 3.63) is 24.4 Å². The first-order chi connectivity index (χ1) is 7.73. The van der Waals surface area contributed by atoms with E-state index < -0.39 is 11.5 Å². The van der Waals surface area contributed by atoms with Gasteiger partial charge in [-0.1, -0.05) is 25.3 Å². The van der Waals surface area contributed by atoms with Crippen molar-refractivity contribution in [2.45, 2.75) is 37.6 Å². The molecule has 0 spiro atoms. The lowest BCUT2D eigenvalue weighted by atomic mass is 9.81. The van der Waals surface area contributed by atoms with Crippen molar-refractivity contribution in [1.82, 2.24) is 4.98 Å². The number of nitrogens with one attached hydrogen (secondary N) is 1. The summed E-state index contributed by atoms with van der Waals surface area (Å²) >= 11 is 0. The van der Waals surface area contributed by atoms with E-state index in [1.807, 2.05) is 12.1 Å². The van der Waals surface area contributed by atoms with Crippen molar-refractivity contribution in [2.24, 2.45) is 0 Å². The average molecular weight is 220 g/mol. The van der Waals surface area contributed by atoms with E-state index in [0.717, 1.165) is 19.3 Å². The lowest BCUT2D eigenvalue weighted by Crippen LogP contribution is -2.48. The Morgan fingerprint density at radius 2 is 2.06 bits per heavy atom. The van der Waals surface area contributed by atoms with Crippen LogP contribution in [0.1, 0.15) is 32.1 Å². The van der Waals surface area contributed by atoms with Gasteiger partial charge in [-0.3, -0.25) is 0 Å². The number of aromatic nitrogens is 1. The van der Waals surface area contributed by atoms with Crippen LogP contribution in [0.3, 0.4) is 0 Å². The molecule has 1 aromatic rings. The summed E-state index contributed by atoms with van der Waals surface area (Å²) < 4.78 is 0. The summed E-state index contributed by atoms with van der Waals surface area (Å²) in [6, 6.07) is 5.48. The van der Waals surface area contributed by atoms with E-state index in [-0.39, 0.29) is 0 Å². The fourth-order valence-corrected chi connectivity index (χ4v) is 2.23. The minimum atomic E-state index is -0.813. The Bertz CT molecular complexity index is 359. The molecule has 0 amide bonds. The molecule has 0 saturated heterocycles. The maximum atomic E-state index is 11.4. The number of carboxylic acids is 1. The maximum absolute atomic E-state index is 11.4. The molecule has 1 heterocycles. The molecule has 16 heavy (non-hydrogen) atoms. The van der Waals surface area contributed by atoms with E-state index in [2.05, 4.69) is 10.3 Å². The number of nitrogens with zero attached hydrogens (tertiary/aromatic N) is 1. The quantitative estimate of drug-likeness (QED) is 0.820. The van der Waals surface area contributed by atoms with E-state index >= 15 is 0 Å². The molecule has 0 aromatic carbocycles. The summed E-state index contributed by atoms with van der Waals surface area (Å²) in [6.07, 6.45) is 6.08. The third-order valence-corrected chi connectivity index (χ3v) is 3.15. The van der Waals surface area contributed by atoms with E-state index in [4.69, 9.17) is 0 Å². The van der Waals surface area contributed by atoms with E-state index in [0.29, 0.717) is 18.7 Å². The van der Waals surface area contributed by atoms with Gasteiger partial charge >= 0.3 is 5.97 Å². The smallest absolute Gasteiger partial charge is 0.329 e. The number of carboxylic acid groups (broad SMARTS) is 1. The Morgan fingerprint density at radius 1 is 1.31 bits per heavy atom. The monoisotopic (exact) mass is 220 g/mol. The molecule has 0 atom stereocenters. The largest absolute Gasteiger partial charge is 0.480 e. The van der Waals surface area contributed by atoms with Crippen molar-refractivity contribution >= 4 is 11.8 Å². The Kier molecular flexibility index (Phi) is 3.08. The molecular formula is C12H16N2O2. The predicted octanol–water partition coefficient (Wildman–Crippen LogP) is 2.28.